The van der Waals surface area contributed by atoms with Gasteiger partial charge >= 0.3 is 17.9 Å². The van der Waals surface area contributed by atoms with Gasteiger partial charge in [-0.05, 0) is 30.2 Å². The number of aliphatic carboxylic acids is 3. The van der Waals surface area contributed by atoms with Gasteiger partial charge in [0, 0.05) is 29.9 Å². The lowest BCUT2D eigenvalue weighted by atomic mass is 10.1. The first-order chi connectivity index (χ1) is 12.1. The van der Waals surface area contributed by atoms with Crippen LogP contribution in [0, 0.1) is 0 Å². The van der Waals surface area contributed by atoms with Gasteiger partial charge in [-0.25, -0.2) is 0 Å². The standard InChI is InChI=1S/C11H12N2O3.C5H9NO4/c12-9(11(15)16)3-6-5-13-10-2-1-7(14)4-8(6)10;6-3(5(9)10)1-2-4(7)8/h1-2,4-5,9,13-14H,3,12H2,(H,15,16);3H,1-2,6H2,(H,7,8)(H,9,10)/t9-;3-/m00/s1. The number of nitrogens with two attached hydrogens (primary N) is 2. The number of rotatable bonds is 7. The number of aromatic nitrogens is 1. The summed E-state index contributed by atoms with van der Waals surface area (Å²) in [6, 6.07) is 2.91. The molecule has 0 aliphatic rings. The van der Waals surface area contributed by atoms with E-state index in [1.165, 1.54) is 0 Å². The molecular weight excluding hydrogens is 346 g/mol. The Labute approximate surface area is 148 Å². The van der Waals surface area contributed by atoms with Gasteiger partial charge in [0.1, 0.15) is 17.8 Å². The van der Waals surface area contributed by atoms with Gasteiger partial charge in [-0.3, -0.25) is 14.4 Å². The Kier molecular flexibility index (Phi) is 7.56. The van der Waals surface area contributed by atoms with Crippen LogP contribution in [-0.2, 0) is 20.8 Å². The lowest BCUT2D eigenvalue weighted by Crippen LogP contribution is -2.32. The zero-order chi connectivity index (χ0) is 19.9. The first kappa shape index (κ1) is 20.9. The molecule has 0 saturated heterocycles. The first-order valence-corrected chi connectivity index (χ1v) is 7.59. The summed E-state index contributed by atoms with van der Waals surface area (Å²) < 4.78 is 0. The molecule has 0 bridgehead atoms. The maximum absolute atomic E-state index is 10.6. The van der Waals surface area contributed by atoms with Crippen molar-refractivity contribution in [3.63, 3.8) is 0 Å². The summed E-state index contributed by atoms with van der Waals surface area (Å²) in [5.41, 5.74) is 12.1. The number of aromatic amines is 1. The van der Waals surface area contributed by atoms with Gasteiger partial charge in [0.05, 0.1) is 0 Å². The zero-order valence-corrected chi connectivity index (χ0v) is 13.8. The van der Waals surface area contributed by atoms with E-state index in [9.17, 15) is 19.5 Å². The third-order valence-electron chi connectivity index (χ3n) is 3.49. The number of carboxylic acid groups (broad SMARTS) is 3. The van der Waals surface area contributed by atoms with Crippen molar-refractivity contribution in [2.24, 2.45) is 11.5 Å². The van der Waals surface area contributed by atoms with E-state index in [4.69, 9.17) is 26.8 Å². The van der Waals surface area contributed by atoms with Crippen molar-refractivity contribution in [2.75, 3.05) is 0 Å². The number of phenols is 1. The zero-order valence-electron chi connectivity index (χ0n) is 13.8. The lowest BCUT2D eigenvalue weighted by Gasteiger charge is -2.04. The molecule has 1 heterocycles. The minimum Gasteiger partial charge on any atom is -0.508 e. The maximum Gasteiger partial charge on any atom is 0.320 e. The van der Waals surface area contributed by atoms with Crippen molar-refractivity contribution in [2.45, 2.75) is 31.3 Å². The van der Waals surface area contributed by atoms with Crippen molar-refractivity contribution in [1.82, 2.24) is 4.98 Å². The largest absolute Gasteiger partial charge is 0.508 e. The van der Waals surface area contributed by atoms with Crippen LogP contribution >= 0.6 is 0 Å². The van der Waals surface area contributed by atoms with E-state index in [2.05, 4.69) is 4.98 Å². The number of fused-ring (bicyclic) bond motifs is 1. The van der Waals surface area contributed by atoms with E-state index in [-0.39, 0.29) is 25.0 Å². The molecule has 0 fully saturated rings. The van der Waals surface area contributed by atoms with Gasteiger partial charge in [-0.15, -0.1) is 0 Å². The normalized spacial score (nSPS) is 12.7. The van der Waals surface area contributed by atoms with Crippen LogP contribution in [0.2, 0.25) is 0 Å². The monoisotopic (exact) mass is 367 g/mol. The Morgan fingerprint density at radius 3 is 2.19 bits per heavy atom. The van der Waals surface area contributed by atoms with Crippen molar-refractivity contribution in [1.29, 1.82) is 0 Å². The molecule has 0 spiro atoms. The third kappa shape index (κ3) is 6.42. The van der Waals surface area contributed by atoms with Gasteiger partial charge in [0.15, 0.2) is 0 Å². The number of hydrogen-bond acceptors (Lipinski definition) is 6. The second-order valence-electron chi connectivity index (χ2n) is 5.57. The summed E-state index contributed by atoms with van der Waals surface area (Å²) in [7, 11) is 0. The van der Waals surface area contributed by atoms with Crippen molar-refractivity contribution in [3.05, 3.63) is 30.0 Å². The van der Waals surface area contributed by atoms with Crippen molar-refractivity contribution >= 4 is 28.8 Å². The fraction of sp³-hybridized carbons (Fsp3) is 0.312. The predicted octanol–water partition coefficient (Wildman–Crippen LogP) is 0.0910. The van der Waals surface area contributed by atoms with Crippen LogP contribution < -0.4 is 11.5 Å². The SMILES string of the molecule is N[C@@H](CCC(=O)O)C(=O)O.N[C@@H](Cc1c[nH]c2ccc(O)cc12)C(=O)O. The van der Waals surface area contributed by atoms with E-state index in [1.54, 1.807) is 24.4 Å². The van der Waals surface area contributed by atoms with Gasteiger partial charge < -0.3 is 36.9 Å². The Bertz CT molecular complexity index is 787. The molecule has 9 N–H and O–H groups in total. The molecule has 10 nitrogen and oxygen atoms in total. The molecule has 26 heavy (non-hydrogen) atoms. The van der Waals surface area contributed by atoms with Crippen LogP contribution in [0.1, 0.15) is 18.4 Å². The number of carbonyl (C=O) groups is 3. The topological polar surface area (TPSA) is 200 Å². The maximum atomic E-state index is 10.6. The summed E-state index contributed by atoms with van der Waals surface area (Å²) in [6.45, 7) is 0. The minimum atomic E-state index is -1.17. The third-order valence-corrected chi connectivity index (χ3v) is 3.49. The van der Waals surface area contributed by atoms with Crippen LogP contribution in [0.15, 0.2) is 24.4 Å². The van der Waals surface area contributed by atoms with Crippen molar-refractivity contribution in [3.8, 4) is 5.75 Å². The molecule has 0 aliphatic carbocycles. The quantitative estimate of drug-likeness (QED) is 0.354. The number of H-pyrrole nitrogens is 1. The number of hydrogen-bond donors (Lipinski definition) is 7. The Morgan fingerprint density at radius 1 is 1.04 bits per heavy atom. The molecule has 0 saturated carbocycles. The fourth-order valence-corrected chi connectivity index (χ4v) is 2.06. The average molecular weight is 367 g/mol. The van der Waals surface area contributed by atoms with Crippen molar-refractivity contribution < 1.29 is 34.8 Å². The molecule has 10 heteroatoms. The van der Waals surface area contributed by atoms with Crippen LogP contribution in [0.5, 0.6) is 5.75 Å². The highest BCUT2D eigenvalue weighted by Crippen LogP contribution is 2.23. The molecule has 2 rings (SSSR count). The van der Waals surface area contributed by atoms with Crippen LogP contribution in [0.25, 0.3) is 10.9 Å². The molecule has 1 aromatic heterocycles. The summed E-state index contributed by atoms with van der Waals surface area (Å²) in [5, 5.41) is 35.2. The molecule has 142 valence electrons. The van der Waals surface area contributed by atoms with Crippen LogP contribution in [0.3, 0.4) is 0 Å². The second-order valence-corrected chi connectivity index (χ2v) is 5.57. The lowest BCUT2D eigenvalue weighted by molar-refractivity contribution is -0.140. The Hall–Kier alpha value is -3.11. The summed E-state index contributed by atoms with van der Waals surface area (Å²) in [5.74, 6) is -3.08. The highest BCUT2D eigenvalue weighted by molar-refractivity contribution is 5.85. The number of nitrogens with one attached hydrogen (secondary N) is 1. The van der Waals surface area contributed by atoms with E-state index >= 15 is 0 Å². The van der Waals surface area contributed by atoms with E-state index in [1.807, 2.05) is 0 Å². The molecule has 0 aliphatic heterocycles. The highest BCUT2D eigenvalue weighted by atomic mass is 16.4. The van der Waals surface area contributed by atoms with Crippen LogP contribution in [-0.4, -0.2) is 55.4 Å². The molecule has 0 radical (unpaired) electrons. The summed E-state index contributed by atoms with van der Waals surface area (Å²) in [6.07, 6.45) is 1.73. The molecular formula is C16H21N3O7. The molecule has 2 aromatic rings. The summed E-state index contributed by atoms with van der Waals surface area (Å²) >= 11 is 0. The van der Waals surface area contributed by atoms with Crippen LogP contribution in [0.4, 0.5) is 0 Å². The Morgan fingerprint density at radius 2 is 1.65 bits per heavy atom. The van der Waals surface area contributed by atoms with Gasteiger partial charge in [0.2, 0.25) is 0 Å². The smallest absolute Gasteiger partial charge is 0.320 e. The molecule has 0 amide bonds. The summed E-state index contributed by atoms with van der Waals surface area (Å²) in [4.78, 5) is 33.5. The number of aromatic hydroxyl groups is 1. The second kappa shape index (κ2) is 9.39. The Balaban J connectivity index is 0.000000294. The van der Waals surface area contributed by atoms with E-state index in [0.717, 1.165) is 16.5 Å². The number of benzene rings is 1. The minimum absolute atomic E-state index is 0.0231. The first-order valence-electron chi connectivity index (χ1n) is 7.59. The predicted molar refractivity (Wildman–Crippen MR) is 91.8 cm³/mol. The van der Waals surface area contributed by atoms with Gasteiger partial charge in [0.25, 0.3) is 0 Å². The van der Waals surface area contributed by atoms with Gasteiger partial charge in [-0.1, -0.05) is 0 Å². The highest BCUT2D eigenvalue weighted by Gasteiger charge is 2.15. The number of phenolic OH excluding ortho intramolecular Hbond substituents is 1. The van der Waals surface area contributed by atoms with E-state index in [0.29, 0.717) is 0 Å². The molecule has 2 atom stereocenters. The number of carboxylic acids is 3. The van der Waals surface area contributed by atoms with E-state index < -0.39 is 30.0 Å². The fourth-order valence-electron chi connectivity index (χ4n) is 2.06. The molecule has 1 aromatic carbocycles. The van der Waals surface area contributed by atoms with Gasteiger partial charge in [-0.2, -0.15) is 0 Å². The average Bonchev–Trinajstić information content (AvgIpc) is 2.95. The molecule has 0 unspecified atom stereocenters.